The maximum absolute atomic E-state index is 11.3. The minimum atomic E-state index is 0.120. The predicted molar refractivity (Wildman–Crippen MR) is 68.0 cm³/mol. The number of hydrogen-bond acceptors (Lipinski definition) is 2. The van der Waals surface area contributed by atoms with E-state index in [4.69, 9.17) is 5.11 Å². The SMILES string of the molecule is O=C1CCc2ccc(CCCCCO)cc2N1. The van der Waals surface area contributed by atoms with Crippen LogP contribution in [0.4, 0.5) is 5.69 Å². The number of anilines is 1. The molecule has 0 fully saturated rings. The van der Waals surface area contributed by atoms with E-state index in [2.05, 4.69) is 23.5 Å². The van der Waals surface area contributed by atoms with E-state index in [1.807, 2.05) is 0 Å². The number of benzene rings is 1. The lowest BCUT2D eigenvalue weighted by atomic mass is 9.98. The van der Waals surface area contributed by atoms with Gasteiger partial charge in [-0.25, -0.2) is 0 Å². The van der Waals surface area contributed by atoms with Crippen LogP contribution in [0.5, 0.6) is 0 Å². The third-order valence-electron chi connectivity index (χ3n) is 3.19. The highest BCUT2D eigenvalue weighted by Gasteiger charge is 2.14. The van der Waals surface area contributed by atoms with Gasteiger partial charge in [-0.15, -0.1) is 0 Å². The molecule has 3 nitrogen and oxygen atoms in total. The van der Waals surface area contributed by atoms with Crippen LogP contribution in [0.3, 0.4) is 0 Å². The first-order valence-electron chi connectivity index (χ1n) is 6.32. The van der Waals surface area contributed by atoms with Gasteiger partial charge in [0, 0.05) is 18.7 Å². The molecule has 1 heterocycles. The Balaban J connectivity index is 1.95. The fourth-order valence-corrected chi connectivity index (χ4v) is 2.19. The molecular formula is C14H19NO2. The zero-order chi connectivity index (χ0) is 12.1. The van der Waals surface area contributed by atoms with Crippen molar-refractivity contribution in [2.45, 2.75) is 38.5 Å². The largest absolute Gasteiger partial charge is 0.396 e. The second-order valence-electron chi connectivity index (χ2n) is 4.57. The van der Waals surface area contributed by atoms with E-state index in [0.29, 0.717) is 6.42 Å². The van der Waals surface area contributed by atoms with Crippen molar-refractivity contribution >= 4 is 11.6 Å². The number of nitrogens with one attached hydrogen (secondary N) is 1. The van der Waals surface area contributed by atoms with Crippen LogP contribution in [-0.2, 0) is 17.6 Å². The van der Waals surface area contributed by atoms with Crippen LogP contribution < -0.4 is 5.32 Å². The fraction of sp³-hybridized carbons (Fsp3) is 0.500. The van der Waals surface area contributed by atoms with Gasteiger partial charge in [-0.05, 0) is 42.9 Å². The Morgan fingerprint density at radius 2 is 2.06 bits per heavy atom. The second kappa shape index (κ2) is 5.82. The number of aliphatic hydroxyl groups is 1. The van der Waals surface area contributed by atoms with Crippen molar-refractivity contribution in [2.24, 2.45) is 0 Å². The molecule has 0 bridgehead atoms. The topological polar surface area (TPSA) is 49.3 Å². The van der Waals surface area contributed by atoms with Crippen LogP contribution in [0.1, 0.15) is 36.8 Å². The molecule has 0 saturated heterocycles. The lowest BCUT2D eigenvalue weighted by Gasteiger charge is -2.17. The quantitative estimate of drug-likeness (QED) is 0.766. The van der Waals surface area contributed by atoms with Crippen molar-refractivity contribution in [3.05, 3.63) is 29.3 Å². The van der Waals surface area contributed by atoms with Crippen molar-refractivity contribution in [1.29, 1.82) is 0 Å². The number of carbonyl (C=O) groups excluding carboxylic acids is 1. The molecular weight excluding hydrogens is 214 g/mol. The van der Waals surface area contributed by atoms with E-state index >= 15 is 0 Å². The predicted octanol–water partition coefficient (Wildman–Crippen LogP) is 2.28. The van der Waals surface area contributed by atoms with Gasteiger partial charge >= 0.3 is 0 Å². The van der Waals surface area contributed by atoms with E-state index in [1.54, 1.807) is 0 Å². The van der Waals surface area contributed by atoms with Gasteiger partial charge in [-0.1, -0.05) is 18.6 Å². The van der Waals surface area contributed by atoms with Gasteiger partial charge in [0.1, 0.15) is 0 Å². The Kier molecular flexibility index (Phi) is 4.15. The Morgan fingerprint density at radius 1 is 1.18 bits per heavy atom. The van der Waals surface area contributed by atoms with Crippen LogP contribution in [0.15, 0.2) is 18.2 Å². The number of fused-ring (bicyclic) bond motifs is 1. The molecule has 2 rings (SSSR count). The number of aryl methyl sites for hydroxylation is 2. The number of unbranched alkanes of at least 4 members (excludes halogenated alkanes) is 2. The molecule has 0 spiro atoms. The summed E-state index contributed by atoms with van der Waals surface area (Å²) in [5.74, 6) is 0.120. The van der Waals surface area contributed by atoms with Gasteiger partial charge in [0.15, 0.2) is 0 Å². The molecule has 0 aliphatic carbocycles. The molecule has 0 aromatic heterocycles. The number of hydrogen-bond donors (Lipinski definition) is 2. The van der Waals surface area contributed by atoms with Crippen molar-refractivity contribution < 1.29 is 9.90 Å². The maximum Gasteiger partial charge on any atom is 0.224 e. The minimum Gasteiger partial charge on any atom is -0.396 e. The van der Waals surface area contributed by atoms with Crippen molar-refractivity contribution in [2.75, 3.05) is 11.9 Å². The lowest BCUT2D eigenvalue weighted by Crippen LogP contribution is -2.18. The summed E-state index contributed by atoms with van der Waals surface area (Å²) in [6.45, 7) is 0.278. The standard InChI is InChI=1S/C14H19NO2/c16-9-3-1-2-4-11-5-6-12-7-8-14(17)15-13(12)10-11/h5-6,10,16H,1-4,7-9H2,(H,15,17). The number of aliphatic hydroxyl groups excluding tert-OH is 1. The summed E-state index contributed by atoms with van der Waals surface area (Å²) in [7, 11) is 0. The zero-order valence-electron chi connectivity index (χ0n) is 10.0. The Morgan fingerprint density at radius 3 is 2.88 bits per heavy atom. The molecule has 1 amide bonds. The normalized spacial score (nSPS) is 14.3. The first-order valence-corrected chi connectivity index (χ1v) is 6.32. The van der Waals surface area contributed by atoms with Gasteiger partial charge in [0.2, 0.25) is 5.91 Å². The van der Waals surface area contributed by atoms with Crippen LogP contribution in [0.2, 0.25) is 0 Å². The highest BCUT2D eigenvalue weighted by Crippen LogP contribution is 2.24. The smallest absolute Gasteiger partial charge is 0.224 e. The molecule has 92 valence electrons. The lowest BCUT2D eigenvalue weighted by molar-refractivity contribution is -0.116. The molecule has 0 atom stereocenters. The molecule has 17 heavy (non-hydrogen) atoms. The molecule has 3 heteroatoms. The molecule has 1 aliphatic rings. The number of carbonyl (C=O) groups is 1. The molecule has 1 aromatic carbocycles. The molecule has 0 unspecified atom stereocenters. The summed E-state index contributed by atoms with van der Waals surface area (Å²) in [4.78, 5) is 11.3. The van der Waals surface area contributed by atoms with E-state index in [-0.39, 0.29) is 12.5 Å². The average Bonchev–Trinajstić information content (AvgIpc) is 2.34. The second-order valence-corrected chi connectivity index (χ2v) is 4.57. The van der Waals surface area contributed by atoms with Gasteiger partial charge in [-0.2, -0.15) is 0 Å². The molecule has 2 N–H and O–H groups in total. The molecule has 1 aliphatic heterocycles. The van der Waals surface area contributed by atoms with Gasteiger partial charge in [0.05, 0.1) is 0 Å². The van der Waals surface area contributed by atoms with E-state index in [9.17, 15) is 4.79 Å². The molecule has 0 saturated carbocycles. The van der Waals surface area contributed by atoms with E-state index in [0.717, 1.165) is 37.8 Å². The number of rotatable bonds is 5. The van der Waals surface area contributed by atoms with Gasteiger partial charge in [0.25, 0.3) is 0 Å². The fourth-order valence-electron chi connectivity index (χ4n) is 2.19. The van der Waals surface area contributed by atoms with Crippen LogP contribution in [-0.4, -0.2) is 17.6 Å². The Hall–Kier alpha value is -1.35. The summed E-state index contributed by atoms with van der Waals surface area (Å²) in [6, 6.07) is 6.36. The summed E-state index contributed by atoms with van der Waals surface area (Å²) in [5.41, 5.74) is 3.49. The summed E-state index contributed by atoms with van der Waals surface area (Å²) < 4.78 is 0. The Labute approximate surface area is 102 Å². The first kappa shape index (κ1) is 12.1. The highest BCUT2D eigenvalue weighted by molar-refractivity contribution is 5.93. The van der Waals surface area contributed by atoms with Gasteiger partial charge < -0.3 is 10.4 Å². The van der Waals surface area contributed by atoms with Crippen LogP contribution in [0, 0.1) is 0 Å². The van der Waals surface area contributed by atoms with Crippen molar-refractivity contribution in [3.8, 4) is 0 Å². The summed E-state index contributed by atoms with van der Waals surface area (Å²) >= 11 is 0. The number of amides is 1. The summed E-state index contributed by atoms with van der Waals surface area (Å²) in [6.07, 6.45) is 5.49. The average molecular weight is 233 g/mol. The zero-order valence-corrected chi connectivity index (χ0v) is 10.0. The van der Waals surface area contributed by atoms with E-state index in [1.165, 1.54) is 11.1 Å². The van der Waals surface area contributed by atoms with Crippen LogP contribution in [0.25, 0.3) is 0 Å². The highest BCUT2D eigenvalue weighted by atomic mass is 16.2. The third-order valence-corrected chi connectivity index (χ3v) is 3.19. The van der Waals surface area contributed by atoms with Crippen molar-refractivity contribution in [3.63, 3.8) is 0 Å². The molecule has 0 radical (unpaired) electrons. The first-order chi connectivity index (χ1) is 8.29. The Bertz CT molecular complexity index is 401. The minimum absolute atomic E-state index is 0.120. The summed E-state index contributed by atoms with van der Waals surface area (Å²) in [5, 5.41) is 11.6. The third kappa shape index (κ3) is 3.30. The monoisotopic (exact) mass is 233 g/mol. The van der Waals surface area contributed by atoms with Crippen molar-refractivity contribution in [1.82, 2.24) is 0 Å². The van der Waals surface area contributed by atoms with E-state index < -0.39 is 0 Å². The van der Waals surface area contributed by atoms with Crippen LogP contribution >= 0.6 is 0 Å². The maximum atomic E-state index is 11.3. The van der Waals surface area contributed by atoms with Gasteiger partial charge in [-0.3, -0.25) is 4.79 Å². The molecule has 1 aromatic rings.